The van der Waals surface area contributed by atoms with Crippen LogP contribution in [0.1, 0.15) is 12.0 Å². The molecule has 1 aromatic carbocycles. The van der Waals surface area contributed by atoms with Crippen molar-refractivity contribution in [2.24, 2.45) is 5.92 Å². The third-order valence-corrected chi connectivity index (χ3v) is 5.24. The number of rotatable bonds is 3. The summed E-state index contributed by atoms with van der Waals surface area (Å²) in [5.74, 6) is -0.619. The fraction of sp³-hybridized carbons (Fsp3) is 0.500. The topological polar surface area (TPSA) is 43.4 Å². The summed E-state index contributed by atoms with van der Waals surface area (Å²) >= 11 is 0. The number of ether oxygens (including phenoxy) is 1. The molecule has 0 aromatic heterocycles. The number of halogens is 2. The van der Waals surface area contributed by atoms with Crippen molar-refractivity contribution >= 4 is 19.7 Å². The van der Waals surface area contributed by atoms with Crippen LogP contribution in [0.3, 0.4) is 0 Å². The first-order valence-corrected chi connectivity index (χ1v) is 8.10. The second-order valence-electron chi connectivity index (χ2n) is 4.43. The SMILES string of the molecule is O=S(=O)(Cl)[C@@H]1CCOC[C@H]1Cc1ccccc1F. The summed E-state index contributed by atoms with van der Waals surface area (Å²) in [6.45, 7) is 0.676. The summed E-state index contributed by atoms with van der Waals surface area (Å²) in [4.78, 5) is 0. The highest BCUT2D eigenvalue weighted by atomic mass is 35.7. The van der Waals surface area contributed by atoms with E-state index in [1.165, 1.54) is 6.07 Å². The van der Waals surface area contributed by atoms with Gasteiger partial charge in [-0.25, -0.2) is 12.8 Å². The fourth-order valence-electron chi connectivity index (χ4n) is 2.28. The van der Waals surface area contributed by atoms with Gasteiger partial charge in [-0.15, -0.1) is 0 Å². The van der Waals surface area contributed by atoms with Gasteiger partial charge < -0.3 is 4.74 Å². The van der Waals surface area contributed by atoms with E-state index in [1.807, 2.05) is 0 Å². The van der Waals surface area contributed by atoms with E-state index in [0.717, 1.165) is 0 Å². The molecule has 0 unspecified atom stereocenters. The Kier molecular flexibility index (Phi) is 4.25. The van der Waals surface area contributed by atoms with E-state index in [0.29, 0.717) is 31.6 Å². The average molecular weight is 293 g/mol. The molecule has 0 spiro atoms. The lowest BCUT2D eigenvalue weighted by Gasteiger charge is -2.29. The maximum Gasteiger partial charge on any atom is 0.235 e. The highest BCUT2D eigenvalue weighted by molar-refractivity contribution is 8.14. The molecule has 6 heteroatoms. The molecule has 1 heterocycles. The molecule has 2 rings (SSSR count). The summed E-state index contributed by atoms with van der Waals surface area (Å²) in [6, 6.07) is 6.35. The van der Waals surface area contributed by atoms with E-state index in [2.05, 4.69) is 0 Å². The number of hydrogen-bond acceptors (Lipinski definition) is 3. The van der Waals surface area contributed by atoms with E-state index in [-0.39, 0.29) is 11.7 Å². The fourth-order valence-corrected chi connectivity index (χ4v) is 4.00. The molecule has 0 amide bonds. The number of benzene rings is 1. The summed E-state index contributed by atoms with van der Waals surface area (Å²) in [5.41, 5.74) is 0.498. The van der Waals surface area contributed by atoms with Crippen molar-refractivity contribution < 1.29 is 17.5 Å². The normalized spacial score (nSPS) is 25.0. The van der Waals surface area contributed by atoms with Crippen molar-refractivity contribution in [1.82, 2.24) is 0 Å². The highest BCUT2D eigenvalue weighted by Gasteiger charge is 2.35. The summed E-state index contributed by atoms with van der Waals surface area (Å²) in [7, 11) is 1.80. The molecule has 0 bridgehead atoms. The van der Waals surface area contributed by atoms with Crippen LogP contribution in [0.25, 0.3) is 0 Å². The van der Waals surface area contributed by atoms with Gasteiger partial charge >= 0.3 is 0 Å². The molecular formula is C12H14ClFO3S. The van der Waals surface area contributed by atoms with Crippen molar-refractivity contribution in [3.63, 3.8) is 0 Å². The Morgan fingerprint density at radius 1 is 1.39 bits per heavy atom. The predicted octanol–water partition coefficient (Wildman–Crippen LogP) is 2.34. The van der Waals surface area contributed by atoms with Gasteiger partial charge in [0, 0.05) is 23.2 Å². The van der Waals surface area contributed by atoms with Gasteiger partial charge in [-0.1, -0.05) is 18.2 Å². The Labute approximate surface area is 110 Å². The predicted molar refractivity (Wildman–Crippen MR) is 67.6 cm³/mol. The second-order valence-corrected chi connectivity index (χ2v) is 7.28. The van der Waals surface area contributed by atoms with Gasteiger partial charge in [-0.2, -0.15) is 0 Å². The molecule has 18 heavy (non-hydrogen) atoms. The van der Waals surface area contributed by atoms with E-state index in [9.17, 15) is 12.8 Å². The van der Waals surface area contributed by atoms with Crippen LogP contribution < -0.4 is 0 Å². The molecule has 1 fully saturated rings. The Morgan fingerprint density at radius 2 is 2.11 bits per heavy atom. The Hall–Kier alpha value is -0.650. The Balaban J connectivity index is 2.18. The lowest BCUT2D eigenvalue weighted by atomic mass is 9.93. The van der Waals surface area contributed by atoms with Crippen molar-refractivity contribution in [2.75, 3.05) is 13.2 Å². The Bertz CT molecular complexity index is 518. The van der Waals surface area contributed by atoms with E-state index in [1.54, 1.807) is 18.2 Å². The molecule has 100 valence electrons. The second kappa shape index (κ2) is 5.55. The maximum absolute atomic E-state index is 13.5. The minimum Gasteiger partial charge on any atom is -0.381 e. The molecule has 1 aliphatic heterocycles. The maximum atomic E-state index is 13.5. The lowest BCUT2D eigenvalue weighted by molar-refractivity contribution is 0.0574. The van der Waals surface area contributed by atoms with Crippen LogP contribution in [0.5, 0.6) is 0 Å². The van der Waals surface area contributed by atoms with Gasteiger partial charge in [-0.3, -0.25) is 0 Å². The van der Waals surface area contributed by atoms with Gasteiger partial charge in [0.1, 0.15) is 5.82 Å². The Morgan fingerprint density at radius 3 is 2.78 bits per heavy atom. The molecule has 0 saturated carbocycles. The summed E-state index contributed by atoms with van der Waals surface area (Å²) in [6.07, 6.45) is 0.689. The molecule has 3 nitrogen and oxygen atoms in total. The van der Waals surface area contributed by atoms with E-state index in [4.69, 9.17) is 15.4 Å². The lowest BCUT2D eigenvalue weighted by Crippen LogP contribution is -2.37. The molecule has 0 N–H and O–H groups in total. The van der Waals surface area contributed by atoms with Crippen LogP contribution in [0.2, 0.25) is 0 Å². The van der Waals surface area contributed by atoms with Crippen molar-refractivity contribution in [3.8, 4) is 0 Å². The van der Waals surface area contributed by atoms with Gasteiger partial charge in [0.05, 0.1) is 11.9 Å². The molecule has 1 saturated heterocycles. The van der Waals surface area contributed by atoms with Crippen LogP contribution in [0.15, 0.2) is 24.3 Å². The highest BCUT2D eigenvalue weighted by Crippen LogP contribution is 2.28. The van der Waals surface area contributed by atoms with Crippen molar-refractivity contribution in [1.29, 1.82) is 0 Å². The first kappa shape index (κ1) is 13.8. The van der Waals surface area contributed by atoms with E-state index >= 15 is 0 Å². The van der Waals surface area contributed by atoms with Crippen LogP contribution in [-0.2, 0) is 20.2 Å². The zero-order chi connectivity index (χ0) is 13.2. The van der Waals surface area contributed by atoms with Gasteiger partial charge in [0.2, 0.25) is 9.05 Å². The van der Waals surface area contributed by atoms with Crippen LogP contribution in [0, 0.1) is 11.7 Å². The van der Waals surface area contributed by atoms with Crippen molar-refractivity contribution in [3.05, 3.63) is 35.6 Å². The molecule has 0 aliphatic carbocycles. The quantitative estimate of drug-likeness (QED) is 0.803. The standard InChI is InChI=1S/C12H14ClFO3S/c13-18(15,16)12-5-6-17-8-10(12)7-9-3-1-2-4-11(9)14/h1-4,10,12H,5-8H2/t10-,12-/m1/s1. The zero-order valence-electron chi connectivity index (χ0n) is 9.68. The molecular weight excluding hydrogens is 279 g/mol. The summed E-state index contributed by atoms with van der Waals surface area (Å²) in [5, 5.41) is -0.660. The van der Waals surface area contributed by atoms with Gasteiger partial charge in [0.25, 0.3) is 0 Å². The van der Waals surface area contributed by atoms with Crippen LogP contribution in [-0.4, -0.2) is 26.9 Å². The molecule has 1 aliphatic rings. The van der Waals surface area contributed by atoms with E-state index < -0.39 is 14.3 Å². The first-order valence-electron chi connectivity index (χ1n) is 5.73. The molecule has 0 radical (unpaired) electrons. The minimum atomic E-state index is -3.64. The van der Waals surface area contributed by atoms with Gasteiger partial charge in [-0.05, 0) is 24.5 Å². The first-order chi connectivity index (χ1) is 8.48. The molecule has 2 atom stereocenters. The third-order valence-electron chi connectivity index (χ3n) is 3.21. The van der Waals surface area contributed by atoms with Crippen molar-refractivity contribution in [2.45, 2.75) is 18.1 Å². The number of hydrogen-bond donors (Lipinski definition) is 0. The molecule has 1 aromatic rings. The monoisotopic (exact) mass is 292 g/mol. The largest absolute Gasteiger partial charge is 0.381 e. The van der Waals surface area contributed by atoms with Gasteiger partial charge in [0.15, 0.2) is 0 Å². The zero-order valence-corrected chi connectivity index (χ0v) is 11.3. The van der Waals surface area contributed by atoms with Crippen LogP contribution >= 0.6 is 10.7 Å². The smallest absolute Gasteiger partial charge is 0.235 e. The minimum absolute atomic E-state index is 0.293. The summed E-state index contributed by atoms with van der Waals surface area (Å²) < 4.78 is 41.8. The third kappa shape index (κ3) is 3.22. The van der Waals surface area contributed by atoms with Crippen LogP contribution in [0.4, 0.5) is 4.39 Å². The average Bonchev–Trinajstić information content (AvgIpc) is 2.31.